The first-order chi connectivity index (χ1) is 16.4. The Balaban J connectivity index is 1.52. The summed E-state index contributed by atoms with van der Waals surface area (Å²) in [6.07, 6.45) is 1.61. The van der Waals surface area contributed by atoms with Gasteiger partial charge in [-0.1, -0.05) is 48.0 Å². The maximum absolute atomic E-state index is 12.9. The second-order valence-electron chi connectivity index (χ2n) is 7.32. The topological polar surface area (TPSA) is 115 Å². The van der Waals surface area contributed by atoms with Crippen LogP contribution in [0.1, 0.15) is 0 Å². The standard InChI is InChI=1S/C24H17ClN6O2S/c25-17-5-4-6-18(15-17)28-29-22-23(26)30-31-21(13-14-27-24(22)31)16-9-11-20(12-10-16)34(32,33)19-7-2-1-3-8-19/h1-15H,(H2,26,30). The van der Waals surface area contributed by atoms with Gasteiger partial charge in [-0.05, 0) is 48.5 Å². The van der Waals surface area contributed by atoms with Crippen molar-refractivity contribution >= 4 is 44.3 Å². The molecule has 0 aliphatic heterocycles. The molecule has 168 valence electrons. The zero-order valence-corrected chi connectivity index (χ0v) is 19.1. The van der Waals surface area contributed by atoms with Gasteiger partial charge < -0.3 is 5.73 Å². The van der Waals surface area contributed by atoms with Crippen LogP contribution in [0.5, 0.6) is 0 Å². The smallest absolute Gasteiger partial charge is 0.206 e. The number of azo groups is 1. The summed E-state index contributed by atoms with van der Waals surface area (Å²) in [6.45, 7) is 0. The van der Waals surface area contributed by atoms with Crippen LogP contribution in [-0.2, 0) is 9.84 Å². The van der Waals surface area contributed by atoms with Crippen LogP contribution < -0.4 is 5.73 Å². The molecule has 5 rings (SSSR count). The number of nitrogens with two attached hydrogens (primary N) is 1. The number of fused-ring (bicyclic) bond motifs is 1. The van der Waals surface area contributed by atoms with Gasteiger partial charge >= 0.3 is 0 Å². The molecule has 5 aromatic rings. The van der Waals surface area contributed by atoms with Gasteiger partial charge in [0.05, 0.1) is 21.2 Å². The van der Waals surface area contributed by atoms with Crippen molar-refractivity contribution in [2.75, 3.05) is 5.73 Å². The molecule has 0 saturated carbocycles. The highest BCUT2D eigenvalue weighted by molar-refractivity contribution is 7.91. The van der Waals surface area contributed by atoms with E-state index >= 15 is 0 Å². The Hall–Kier alpha value is -4.08. The summed E-state index contributed by atoms with van der Waals surface area (Å²) < 4.78 is 27.3. The molecule has 0 spiro atoms. The second kappa shape index (κ2) is 8.69. The molecule has 10 heteroatoms. The number of sulfone groups is 1. The minimum Gasteiger partial charge on any atom is -0.380 e. The molecule has 8 nitrogen and oxygen atoms in total. The van der Waals surface area contributed by atoms with E-state index in [1.807, 2.05) is 0 Å². The Morgan fingerprint density at radius 1 is 0.853 bits per heavy atom. The lowest BCUT2D eigenvalue weighted by Crippen LogP contribution is -2.02. The van der Waals surface area contributed by atoms with Gasteiger partial charge in [0.25, 0.3) is 0 Å². The van der Waals surface area contributed by atoms with Crippen LogP contribution in [0.25, 0.3) is 16.9 Å². The molecule has 0 unspecified atom stereocenters. The number of hydrogen-bond acceptors (Lipinski definition) is 7. The minimum absolute atomic E-state index is 0.161. The monoisotopic (exact) mass is 488 g/mol. The van der Waals surface area contributed by atoms with E-state index in [4.69, 9.17) is 17.3 Å². The lowest BCUT2D eigenvalue weighted by Gasteiger charge is -2.07. The summed E-state index contributed by atoms with van der Waals surface area (Å²) in [7, 11) is -3.61. The van der Waals surface area contributed by atoms with Crippen molar-refractivity contribution in [1.82, 2.24) is 14.6 Å². The highest BCUT2D eigenvalue weighted by Gasteiger charge is 2.18. The maximum Gasteiger partial charge on any atom is 0.206 e. The van der Waals surface area contributed by atoms with Crippen LogP contribution in [-0.4, -0.2) is 23.0 Å². The summed E-state index contributed by atoms with van der Waals surface area (Å²) in [5.74, 6) is 0.161. The number of benzene rings is 3. The van der Waals surface area contributed by atoms with Crippen LogP contribution in [0.4, 0.5) is 17.2 Å². The predicted molar refractivity (Wildman–Crippen MR) is 130 cm³/mol. The fourth-order valence-corrected chi connectivity index (χ4v) is 4.92. The Kier molecular flexibility index (Phi) is 5.56. The fourth-order valence-electron chi connectivity index (χ4n) is 3.45. The number of anilines is 1. The van der Waals surface area contributed by atoms with Gasteiger partial charge in [0.15, 0.2) is 17.2 Å². The summed E-state index contributed by atoms with van der Waals surface area (Å²) in [5, 5.41) is 13.3. The quantitative estimate of drug-likeness (QED) is 0.310. The molecular weight excluding hydrogens is 472 g/mol. The van der Waals surface area contributed by atoms with Gasteiger partial charge in [0.2, 0.25) is 9.84 Å². The summed E-state index contributed by atoms with van der Waals surface area (Å²) in [4.78, 5) is 4.80. The Morgan fingerprint density at radius 2 is 1.59 bits per heavy atom. The predicted octanol–water partition coefficient (Wildman–Crippen LogP) is 5.88. The second-order valence-corrected chi connectivity index (χ2v) is 9.71. The van der Waals surface area contributed by atoms with E-state index < -0.39 is 9.84 Å². The van der Waals surface area contributed by atoms with E-state index in [1.54, 1.807) is 95.6 Å². The van der Waals surface area contributed by atoms with E-state index in [2.05, 4.69) is 20.3 Å². The maximum atomic E-state index is 12.9. The number of nitrogen functional groups attached to an aromatic ring is 1. The van der Waals surface area contributed by atoms with Gasteiger partial charge in [0.1, 0.15) is 0 Å². The van der Waals surface area contributed by atoms with Crippen LogP contribution in [0.3, 0.4) is 0 Å². The molecule has 34 heavy (non-hydrogen) atoms. The van der Waals surface area contributed by atoms with E-state index in [0.717, 1.165) is 5.56 Å². The van der Waals surface area contributed by atoms with Gasteiger partial charge in [-0.2, -0.15) is 5.11 Å². The average Bonchev–Trinajstić information content (AvgIpc) is 3.18. The molecular formula is C24H17ClN6O2S. The molecule has 0 atom stereocenters. The van der Waals surface area contributed by atoms with Crippen molar-refractivity contribution in [2.24, 2.45) is 10.2 Å². The van der Waals surface area contributed by atoms with Crippen LogP contribution in [0.15, 0.2) is 111 Å². The number of aromatic nitrogens is 3. The molecule has 0 radical (unpaired) electrons. The third-order valence-electron chi connectivity index (χ3n) is 5.11. The van der Waals surface area contributed by atoms with Gasteiger partial charge in [-0.3, -0.25) is 0 Å². The highest BCUT2D eigenvalue weighted by Crippen LogP contribution is 2.32. The van der Waals surface area contributed by atoms with Gasteiger partial charge in [-0.25, -0.2) is 17.9 Å². The Morgan fingerprint density at radius 3 is 2.32 bits per heavy atom. The molecule has 2 heterocycles. The minimum atomic E-state index is -3.61. The van der Waals surface area contributed by atoms with E-state index in [1.165, 1.54) is 0 Å². The lowest BCUT2D eigenvalue weighted by atomic mass is 10.1. The fraction of sp³-hybridized carbons (Fsp3) is 0. The summed E-state index contributed by atoms with van der Waals surface area (Å²) in [5.41, 5.74) is 8.83. The zero-order chi connectivity index (χ0) is 23.7. The van der Waals surface area contributed by atoms with E-state index in [-0.39, 0.29) is 15.6 Å². The summed E-state index contributed by atoms with van der Waals surface area (Å²) >= 11 is 6.00. The first-order valence-electron chi connectivity index (χ1n) is 10.1. The molecule has 2 aromatic heterocycles. The van der Waals surface area contributed by atoms with Crippen molar-refractivity contribution in [3.05, 3.63) is 96.1 Å². The molecule has 2 N–H and O–H groups in total. The third kappa shape index (κ3) is 4.02. The third-order valence-corrected chi connectivity index (χ3v) is 7.13. The van der Waals surface area contributed by atoms with Crippen molar-refractivity contribution in [3.63, 3.8) is 0 Å². The highest BCUT2D eigenvalue weighted by atomic mass is 35.5. The molecule has 0 aliphatic rings. The normalized spacial score (nSPS) is 11.9. The molecule has 0 amide bonds. The molecule has 3 aromatic carbocycles. The van der Waals surface area contributed by atoms with E-state index in [9.17, 15) is 8.42 Å². The van der Waals surface area contributed by atoms with Crippen molar-refractivity contribution < 1.29 is 8.42 Å². The average molecular weight is 489 g/mol. The van der Waals surface area contributed by atoms with Crippen molar-refractivity contribution in [1.29, 1.82) is 0 Å². The number of nitrogens with zero attached hydrogens (tertiary/aromatic N) is 5. The van der Waals surface area contributed by atoms with E-state index in [0.29, 0.717) is 27.7 Å². The number of hydrogen-bond donors (Lipinski definition) is 1. The summed E-state index contributed by atoms with van der Waals surface area (Å²) in [6, 6.07) is 23.6. The van der Waals surface area contributed by atoms with Crippen LogP contribution in [0.2, 0.25) is 5.02 Å². The molecule has 0 fully saturated rings. The van der Waals surface area contributed by atoms with Gasteiger partial charge in [-0.15, -0.1) is 10.2 Å². The lowest BCUT2D eigenvalue weighted by molar-refractivity contribution is 0.596. The molecule has 0 aliphatic carbocycles. The zero-order valence-electron chi connectivity index (χ0n) is 17.6. The first-order valence-corrected chi connectivity index (χ1v) is 12.0. The Bertz CT molecular complexity index is 1630. The molecule has 0 bridgehead atoms. The Labute approximate surface area is 200 Å². The number of rotatable bonds is 5. The van der Waals surface area contributed by atoms with Crippen LogP contribution >= 0.6 is 11.6 Å². The van der Waals surface area contributed by atoms with Gasteiger partial charge in [0, 0.05) is 16.8 Å². The SMILES string of the molecule is Nc1nn2c(-c3ccc(S(=O)(=O)c4ccccc4)cc3)ccnc2c1N=Nc1cccc(Cl)c1. The first kappa shape index (κ1) is 21.7. The van der Waals surface area contributed by atoms with Crippen molar-refractivity contribution in [3.8, 4) is 11.3 Å². The van der Waals surface area contributed by atoms with Crippen LogP contribution in [0, 0.1) is 0 Å². The number of halogens is 1. The largest absolute Gasteiger partial charge is 0.380 e. The molecule has 0 saturated heterocycles. The van der Waals surface area contributed by atoms with Crippen molar-refractivity contribution in [2.45, 2.75) is 9.79 Å².